The van der Waals surface area contributed by atoms with Gasteiger partial charge in [0.05, 0.1) is 13.6 Å². The van der Waals surface area contributed by atoms with Gasteiger partial charge in [-0.15, -0.1) is 11.3 Å². The van der Waals surface area contributed by atoms with Crippen LogP contribution in [-0.2, 0) is 0 Å². The quantitative estimate of drug-likeness (QED) is 0.577. The van der Waals surface area contributed by atoms with Gasteiger partial charge in [0, 0.05) is 5.02 Å². The van der Waals surface area contributed by atoms with Crippen LogP contribution in [0.5, 0.6) is 0 Å². The van der Waals surface area contributed by atoms with Crippen LogP contribution in [0.25, 0.3) is 0 Å². The summed E-state index contributed by atoms with van der Waals surface area (Å²) in [5.74, 6) is 0. The molecule has 20 heavy (non-hydrogen) atoms. The molecule has 0 spiro atoms. The van der Waals surface area contributed by atoms with E-state index in [4.69, 9.17) is 11.6 Å². The van der Waals surface area contributed by atoms with Gasteiger partial charge < -0.3 is 5.32 Å². The van der Waals surface area contributed by atoms with Crippen LogP contribution in [-0.4, -0.2) is 6.54 Å². The highest BCUT2D eigenvalue weighted by Crippen LogP contribution is 2.38. The lowest BCUT2D eigenvalue weighted by atomic mass is 9.99. The van der Waals surface area contributed by atoms with E-state index < -0.39 is 0 Å². The third kappa shape index (κ3) is 4.08. The molecule has 0 aliphatic heterocycles. The van der Waals surface area contributed by atoms with Gasteiger partial charge >= 0.3 is 0 Å². The molecule has 1 aromatic heterocycles. The van der Waals surface area contributed by atoms with Crippen molar-refractivity contribution in [3.05, 3.63) is 53.6 Å². The summed E-state index contributed by atoms with van der Waals surface area (Å²) in [5.41, 5.74) is 3.63. The standard InChI is InChI=1S/C15H16Br2ClNS/c1-3-4-19-14(12-8-13(16)20-15(12)17)10-5-9(2)6-11(18)7-10/h5-8,14,19H,3-4H2,1-2H3. The van der Waals surface area contributed by atoms with Crippen molar-refractivity contribution in [3.8, 4) is 0 Å². The van der Waals surface area contributed by atoms with Gasteiger partial charge in [0.1, 0.15) is 0 Å². The van der Waals surface area contributed by atoms with E-state index in [-0.39, 0.29) is 6.04 Å². The Bertz CT molecular complexity index is 577. The molecular formula is C15H16Br2ClNS. The average Bonchev–Trinajstić information content (AvgIpc) is 2.68. The summed E-state index contributed by atoms with van der Waals surface area (Å²) in [7, 11) is 0. The first-order chi connectivity index (χ1) is 9.51. The highest BCUT2D eigenvalue weighted by Gasteiger charge is 2.19. The predicted molar refractivity (Wildman–Crippen MR) is 96.0 cm³/mol. The summed E-state index contributed by atoms with van der Waals surface area (Å²) in [4.78, 5) is 0. The molecule has 1 aromatic carbocycles. The zero-order valence-electron chi connectivity index (χ0n) is 11.3. The van der Waals surface area contributed by atoms with Crippen LogP contribution in [0.3, 0.4) is 0 Å². The first kappa shape index (κ1) is 16.5. The number of halogens is 3. The van der Waals surface area contributed by atoms with Gasteiger partial charge in [0.2, 0.25) is 0 Å². The molecule has 0 amide bonds. The highest BCUT2D eigenvalue weighted by atomic mass is 79.9. The fraction of sp³-hybridized carbons (Fsp3) is 0.333. The van der Waals surface area contributed by atoms with Crippen molar-refractivity contribution in [2.45, 2.75) is 26.3 Å². The zero-order chi connectivity index (χ0) is 14.7. The number of hydrogen-bond acceptors (Lipinski definition) is 2. The fourth-order valence-electron chi connectivity index (χ4n) is 2.18. The number of aryl methyl sites for hydroxylation is 1. The van der Waals surface area contributed by atoms with Crippen LogP contribution in [0, 0.1) is 6.92 Å². The molecule has 0 aliphatic rings. The van der Waals surface area contributed by atoms with Crippen LogP contribution in [0.15, 0.2) is 31.8 Å². The lowest BCUT2D eigenvalue weighted by Gasteiger charge is -2.20. The second-order valence-corrected chi connectivity index (χ2v) is 8.91. The van der Waals surface area contributed by atoms with Gasteiger partial charge in [-0.1, -0.05) is 24.6 Å². The summed E-state index contributed by atoms with van der Waals surface area (Å²) in [5, 5.41) is 4.39. The molecular weight excluding hydrogens is 422 g/mol. The minimum absolute atomic E-state index is 0.157. The van der Waals surface area contributed by atoms with Crippen molar-refractivity contribution in [1.29, 1.82) is 0 Å². The van der Waals surface area contributed by atoms with Gasteiger partial charge in [-0.25, -0.2) is 0 Å². The van der Waals surface area contributed by atoms with Gasteiger partial charge in [-0.3, -0.25) is 0 Å². The zero-order valence-corrected chi connectivity index (χ0v) is 16.1. The molecule has 1 nitrogen and oxygen atoms in total. The molecule has 108 valence electrons. The molecule has 0 aliphatic carbocycles. The van der Waals surface area contributed by atoms with E-state index in [1.54, 1.807) is 11.3 Å². The summed E-state index contributed by atoms with van der Waals surface area (Å²) in [6, 6.07) is 8.54. The van der Waals surface area contributed by atoms with Crippen LogP contribution < -0.4 is 5.32 Å². The Labute approximate surface area is 146 Å². The lowest BCUT2D eigenvalue weighted by Crippen LogP contribution is -2.23. The lowest BCUT2D eigenvalue weighted by molar-refractivity contribution is 0.598. The van der Waals surface area contributed by atoms with Crippen LogP contribution in [0.4, 0.5) is 0 Å². The molecule has 2 aromatic rings. The van der Waals surface area contributed by atoms with E-state index >= 15 is 0 Å². The first-order valence-electron chi connectivity index (χ1n) is 6.46. The summed E-state index contributed by atoms with van der Waals surface area (Å²) in [6.45, 7) is 5.22. The fourth-order valence-corrected chi connectivity index (χ4v) is 5.38. The Morgan fingerprint density at radius 3 is 2.55 bits per heavy atom. The van der Waals surface area contributed by atoms with E-state index in [1.165, 1.54) is 16.7 Å². The number of nitrogens with one attached hydrogen (secondary N) is 1. The molecule has 1 unspecified atom stereocenters. The van der Waals surface area contributed by atoms with E-state index in [1.807, 2.05) is 12.1 Å². The van der Waals surface area contributed by atoms with E-state index in [2.05, 4.69) is 63.2 Å². The Morgan fingerprint density at radius 1 is 1.25 bits per heavy atom. The van der Waals surface area contributed by atoms with Crippen LogP contribution in [0.2, 0.25) is 5.02 Å². The van der Waals surface area contributed by atoms with Crippen molar-refractivity contribution < 1.29 is 0 Å². The van der Waals surface area contributed by atoms with Crippen molar-refractivity contribution in [3.63, 3.8) is 0 Å². The summed E-state index contributed by atoms with van der Waals surface area (Å²) < 4.78 is 2.28. The molecule has 2 rings (SSSR count). The average molecular weight is 438 g/mol. The largest absolute Gasteiger partial charge is 0.306 e. The smallest absolute Gasteiger partial charge is 0.0761 e. The van der Waals surface area contributed by atoms with Crippen molar-refractivity contribution in [2.24, 2.45) is 0 Å². The highest BCUT2D eigenvalue weighted by molar-refractivity contribution is 9.12. The van der Waals surface area contributed by atoms with Gasteiger partial charge in [-0.2, -0.15) is 0 Å². The molecule has 0 saturated heterocycles. The summed E-state index contributed by atoms with van der Waals surface area (Å²) in [6.07, 6.45) is 1.10. The molecule has 1 atom stereocenters. The number of benzene rings is 1. The van der Waals surface area contributed by atoms with Crippen LogP contribution >= 0.6 is 54.8 Å². The number of hydrogen-bond donors (Lipinski definition) is 1. The monoisotopic (exact) mass is 435 g/mol. The van der Waals surface area contributed by atoms with Crippen LogP contribution in [0.1, 0.15) is 36.1 Å². The minimum atomic E-state index is 0.157. The topological polar surface area (TPSA) is 12.0 Å². The predicted octanol–water partition coefficient (Wildman–Crippen LogP) is 6.32. The maximum atomic E-state index is 6.21. The SMILES string of the molecule is CCCNC(c1cc(C)cc(Cl)c1)c1cc(Br)sc1Br. The second-order valence-electron chi connectivity index (χ2n) is 4.73. The van der Waals surface area contributed by atoms with Crippen molar-refractivity contribution in [2.75, 3.05) is 6.54 Å². The Morgan fingerprint density at radius 2 is 2.00 bits per heavy atom. The molecule has 0 fully saturated rings. The Balaban J connectivity index is 2.43. The summed E-state index contributed by atoms with van der Waals surface area (Å²) >= 11 is 15.1. The van der Waals surface area contributed by atoms with Crippen molar-refractivity contribution in [1.82, 2.24) is 5.32 Å². The second kappa shape index (κ2) is 7.41. The molecule has 0 radical (unpaired) electrons. The maximum absolute atomic E-state index is 6.21. The van der Waals surface area contributed by atoms with E-state index in [9.17, 15) is 0 Å². The molecule has 0 saturated carbocycles. The third-order valence-corrected chi connectivity index (χ3v) is 5.59. The maximum Gasteiger partial charge on any atom is 0.0761 e. The van der Waals surface area contributed by atoms with Crippen molar-refractivity contribution >= 4 is 54.8 Å². The Kier molecular flexibility index (Phi) is 6.11. The third-order valence-electron chi connectivity index (χ3n) is 2.99. The van der Waals surface area contributed by atoms with E-state index in [0.717, 1.165) is 25.6 Å². The number of rotatable bonds is 5. The minimum Gasteiger partial charge on any atom is -0.306 e. The van der Waals surface area contributed by atoms with Gasteiger partial charge in [0.25, 0.3) is 0 Å². The normalized spacial score (nSPS) is 12.7. The van der Waals surface area contributed by atoms with E-state index in [0.29, 0.717) is 0 Å². The molecule has 5 heteroatoms. The molecule has 1 N–H and O–H groups in total. The molecule has 0 bridgehead atoms. The number of thiophene rings is 1. The first-order valence-corrected chi connectivity index (χ1v) is 9.24. The van der Waals surface area contributed by atoms with Gasteiger partial charge in [-0.05, 0) is 86.6 Å². The Hall–Kier alpha value is 0.130. The van der Waals surface area contributed by atoms with Gasteiger partial charge in [0.15, 0.2) is 0 Å². The molecule has 1 heterocycles.